The lowest BCUT2D eigenvalue weighted by Gasteiger charge is -2.29. The maximum Gasteiger partial charge on any atom is 0.236 e. The molecule has 21 heavy (non-hydrogen) atoms. The van der Waals surface area contributed by atoms with E-state index in [9.17, 15) is 13.2 Å². The molecule has 0 saturated carbocycles. The third-order valence-corrected chi connectivity index (χ3v) is 6.17. The summed E-state index contributed by atoms with van der Waals surface area (Å²) >= 11 is 1.29. The first-order valence-corrected chi connectivity index (χ1v) is 9.57. The molecular formula is C13H19N3O3S2. The standard InChI is InChI=1S/C13H19N3O3S2/c1-3-16(11-5-8-21(18,19)9-11)12(17)10(2)20-13-14-6-4-7-15-13/h4,6-7,10-11H,3,5,8-9H2,1-2H3/t10-,11+/m1/s1. The third-order valence-electron chi connectivity index (χ3n) is 3.44. The molecule has 1 aromatic rings. The van der Waals surface area contributed by atoms with Gasteiger partial charge in [0.05, 0.1) is 16.8 Å². The Balaban J connectivity index is 2.03. The first-order valence-electron chi connectivity index (χ1n) is 6.87. The van der Waals surface area contributed by atoms with Gasteiger partial charge in [0.15, 0.2) is 15.0 Å². The van der Waals surface area contributed by atoms with Gasteiger partial charge in [0.1, 0.15) is 0 Å². The van der Waals surface area contributed by atoms with E-state index < -0.39 is 9.84 Å². The van der Waals surface area contributed by atoms with Crippen LogP contribution in [0.3, 0.4) is 0 Å². The molecule has 2 heterocycles. The van der Waals surface area contributed by atoms with Gasteiger partial charge in [-0.05, 0) is 26.3 Å². The van der Waals surface area contributed by atoms with Gasteiger partial charge in [-0.25, -0.2) is 18.4 Å². The number of carbonyl (C=O) groups is 1. The Hall–Kier alpha value is -1.15. The molecule has 0 aromatic carbocycles. The predicted molar refractivity (Wildman–Crippen MR) is 81.8 cm³/mol. The zero-order chi connectivity index (χ0) is 15.5. The fourth-order valence-corrected chi connectivity index (χ4v) is 4.93. The summed E-state index contributed by atoms with van der Waals surface area (Å²) in [7, 11) is -2.99. The van der Waals surface area contributed by atoms with Gasteiger partial charge in [-0.15, -0.1) is 0 Å². The van der Waals surface area contributed by atoms with Gasteiger partial charge in [0.2, 0.25) is 5.91 Å². The molecule has 1 saturated heterocycles. The van der Waals surface area contributed by atoms with Gasteiger partial charge in [0.25, 0.3) is 0 Å². The van der Waals surface area contributed by atoms with Crippen LogP contribution in [-0.2, 0) is 14.6 Å². The van der Waals surface area contributed by atoms with Crippen LogP contribution >= 0.6 is 11.8 Å². The van der Waals surface area contributed by atoms with Crippen molar-refractivity contribution in [1.29, 1.82) is 0 Å². The maximum atomic E-state index is 12.5. The highest BCUT2D eigenvalue weighted by molar-refractivity contribution is 8.00. The minimum atomic E-state index is -2.99. The van der Waals surface area contributed by atoms with E-state index >= 15 is 0 Å². The molecule has 0 aliphatic carbocycles. The van der Waals surface area contributed by atoms with Crippen LogP contribution in [0.25, 0.3) is 0 Å². The fraction of sp³-hybridized carbons (Fsp3) is 0.615. The molecule has 1 aliphatic heterocycles. The third kappa shape index (κ3) is 4.16. The van der Waals surface area contributed by atoms with E-state index in [1.807, 2.05) is 6.92 Å². The Labute approximate surface area is 129 Å². The summed E-state index contributed by atoms with van der Waals surface area (Å²) in [5.41, 5.74) is 0. The van der Waals surface area contributed by atoms with Gasteiger partial charge >= 0.3 is 0 Å². The highest BCUT2D eigenvalue weighted by atomic mass is 32.2. The summed E-state index contributed by atoms with van der Waals surface area (Å²) in [5.74, 6) is 0.188. The van der Waals surface area contributed by atoms with E-state index in [1.165, 1.54) is 11.8 Å². The van der Waals surface area contributed by atoms with Gasteiger partial charge < -0.3 is 4.90 Å². The number of hydrogen-bond acceptors (Lipinski definition) is 6. The number of amides is 1. The molecule has 2 rings (SSSR count). The predicted octanol–water partition coefficient (Wildman–Crippen LogP) is 0.993. The van der Waals surface area contributed by atoms with E-state index in [0.717, 1.165) is 0 Å². The van der Waals surface area contributed by atoms with E-state index in [0.29, 0.717) is 18.1 Å². The molecule has 0 unspecified atom stereocenters. The van der Waals surface area contributed by atoms with Crippen LogP contribution in [0.5, 0.6) is 0 Å². The van der Waals surface area contributed by atoms with Crippen molar-refractivity contribution in [2.24, 2.45) is 0 Å². The van der Waals surface area contributed by atoms with Crippen LogP contribution in [0.4, 0.5) is 0 Å². The van der Waals surface area contributed by atoms with Crippen molar-refractivity contribution < 1.29 is 13.2 Å². The molecule has 6 nitrogen and oxygen atoms in total. The Morgan fingerprint density at radius 1 is 1.48 bits per heavy atom. The first-order chi connectivity index (χ1) is 9.93. The summed E-state index contributed by atoms with van der Waals surface area (Å²) in [5, 5.41) is 0.212. The topological polar surface area (TPSA) is 80.2 Å². The van der Waals surface area contributed by atoms with Crippen molar-refractivity contribution in [1.82, 2.24) is 14.9 Å². The molecule has 8 heteroatoms. The van der Waals surface area contributed by atoms with Crippen LogP contribution < -0.4 is 0 Å². The lowest BCUT2D eigenvalue weighted by Crippen LogP contribution is -2.44. The quantitative estimate of drug-likeness (QED) is 0.592. The lowest BCUT2D eigenvalue weighted by atomic mass is 10.2. The molecule has 116 valence electrons. The minimum absolute atomic E-state index is 0.0583. The second-order valence-electron chi connectivity index (χ2n) is 4.97. The summed E-state index contributed by atoms with van der Waals surface area (Å²) in [6.45, 7) is 4.19. The number of rotatable bonds is 5. The monoisotopic (exact) mass is 329 g/mol. The molecule has 1 fully saturated rings. The average molecular weight is 329 g/mol. The number of aromatic nitrogens is 2. The van der Waals surface area contributed by atoms with Crippen molar-refractivity contribution >= 4 is 27.5 Å². The van der Waals surface area contributed by atoms with Crippen molar-refractivity contribution in [2.45, 2.75) is 36.7 Å². The lowest BCUT2D eigenvalue weighted by molar-refractivity contribution is -0.131. The van der Waals surface area contributed by atoms with Gasteiger partial charge in [-0.1, -0.05) is 11.8 Å². The van der Waals surface area contributed by atoms with Crippen molar-refractivity contribution in [2.75, 3.05) is 18.1 Å². The molecular weight excluding hydrogens is 310 g/mol. The molecule has 1 aromatic heterocycles. The van der Waals surface area contributed by atoms with Crippen LogP contribution in [0.2, 0.25) is 0 Å². The zero-order valence-corrected chi connectivity index (χ0v) is 13.7. The summed E-state index contributed by atoms with van der Waals surface area (Å²) in [6.07, 6.45) is 3.79. The number of nitrogens with zero attached hydrogens (tertiary/aromatic N) is 3. The van der Waals surface area contributed by atoms with E-state index in [4.69, 9.17) is 0 Å². The number of carbonyl (C=O) groups excluding carboxylic acids is 1. The molecule has 2 atom stereocenters. The molecule has 0 spiro atoms. The fourth-order valence-electron chi connectivity index (χ4n) is 2.40. The van der Waals surface area contributed by atoms with Gasteiger partial charge in [-0.3, -0.25) is 4.79 Å². The summed E-state index contributed by atoms with van der Waals surface area (Å²) < 4.78 is 23.2. The van der Waals surface area contributed by atoms with Gasteiger partial charge in [-0.2, -0.15) is 0 Å². The van der Waals surface area contributed by atoms with E-state index in [2.05, 4.69) is 9.97 Å². The Morgan fingerprint density at radius 3 is 2.67 bits per heavy atom. The first kappa shape index (κ1) is 16.2. The number of hydrogen-bond donors (Lipinski definition) is 0. The Bertz CT molecular complexity index is 592. The summed E-state index contributed by atoms with van der Waals surface area (Å²) in [6, 6.07) is 1.52. The normalized spacial score (nSPS) is 21.9. The molecule has 1 amide bonds. The Kier molecular flexibility index (Phi) is 5.21. The van der Waals surface area contributed by atoms with Crippen molar-refractivity contribution in [3.05, 3.63) is 18.5 Å². The zero-order valence-electron chi connectivity index (χ0n) is 12.1. The van der Waals surface area contributed by atoms with Crippen LogP contribution in [0, 0.1) is 0 Å². The van der Waals surface area contributed by atoms with E-state index in [1.54, 1.807) is 30.3 Å². The average Bonchev–Trinajstić information content (AvgIpc) is 2.80. The summed E-state index contributed by atoms with van der Waals surface area (Å²) in [4.78, 5) is 22.4. The molecule has 0 bridgehead atoms. The second kappa shape index (κ2) is 6.74. The molecule has 0 N–H and O–H groups in total. The maximum absolute atomic E-state index is 12.5. The molecule has 0 radical (unpaired) electrons. The smallest absolute Gasteiger partial charge is 0.236 e. The van der Waals surface area contributed by atoms with Crippen LogP contribution in [0.15, 0.2) is 23.6 Å². The highest BCUT2D eigenvalue weighted by Crippen LogP contribution is 2.24. The van der Waals surface area contributed by atoms with Crippen molar-refractivity contribution in [3.63, 3.8) is 0 Å². The minimum Gasteiger partial charge on any atom is -0.338 e. The Morgan fingerprint density at radius 2 is 2.14 bits per heavy atom. The number of thioether (sulfide) groups is 1. The largest absolute Gasteiger partial charge is 0.338 e. The molecule has 1 aliphatic rings. The number of sulfone groups is 1. The van der Waals surface area contributed by atoms with Crippen LogP contribution in [-0.4, -0.2) is 58.5 Å². The SMILES string of the molecule is CCN(C(=O)[C@@H](C)Sc1ncccn1)[C@H]1CCS(=O)(=O)C1. The van der Waals surface area contributed by atoms with Crippen LogP contribution in [0.1, 0.15) is 20.3 Å². The van der Waals surface area contributed by atoms with Gasteiger partial charge in [0, 0.05) is 25.0 Å². The highest BCUT2D eigenvalue weighted by Gasteiger charge is 2.35. The second-order valence-corrected chi connectivity index (χ2v) is 8.51. The van der Waals surface area contributed by atoms with Crippen molar-refractivity contribution in [3.8, 4) is 0 Å². The van der Waals surface area contributed by atoms with E-state index in [-0.39, 0.29) is 28.7 Å².